The van der Waals surface area contributed by atoms with E-state index in [4.69, 9.17) is 33.5 Å². The van der Waals surface area contributed by atoms with Crippen LogP contribution in [0.5, 0.6) is 34.5 Å². The monoisotopic (exact) mass is 951 g/mol. The van der Waals surface area contributed by atoms with Crippen LogP contribution in [0.2, 0.25) is 0 Å². The summed E-state index contributed by atoms with van der Waals surface area (Å²) in [5.74, 6) is 0.704. The third-order valence-corrected chi connectivity index (χ3v) is 11.1. The summed E-state index contributed by atoms with van der Waals surface area (Å²) in [6, 6.07) is 49.0. The number of unbranched alkanes of at least 4 members (excludes halogenated alkanes) is 2. The predicted molar refractivity (Wildman–Crippen MR) is 264 cm³/mol. The molecular formula is C58H49NO12. The van der Waals surface area contributed by atoms with Crippen LogP contribution in [-0.4, -0.2) is 54.4 Å². The SMILES string of the molecule is CCCOc1ccc(-c2ccc(OC(=O)c3ccc(OOCc4cccc(C(=O)Oc5ccc(C(=O)Oc6ccc(-c7ccc(OCCCCCN8C(=O)C=CC8=O)cc7)cc6)cc5)c4)cc3)cc2)cc1. The molecule has 0 fully saturated rings. The number of amides is 2. The van der Waals surface area contributed by atoms with Crippen LogP contribution in [0.1, 0.15) is 69.2 Å². The Balaban J connectivity index is 0.731. The van der Waals surface area contributed by atoms with Gasteiger partial charge in [0.15, 0.2) is 5.75 Å². The van der Waals surface area contributed by atoms with Crippen molar-refractivity contribution in [3.05, 3.63) is 204 Å². The second-order valence-electron chi connectivity index (χ2n) is 16.3. The third kappa shape index (κ3) is 13.7. The Hall–Kier alpha value is -8.81. The zero-order valence-corrected chi connectivity index (χ0v) is 38.8. The van der Waals surface area contributed by atoms with Crippen LogP contribution in [0, 0.1) is 0 Å². The summed E-state index contributed by atoms with van der Waals surface area (Å²) in [4.78, 5) is 74.3. The van der Waals surface area contributed by atoms with Crippen LogP contribution in [-0.2, 0) is 21.1 Å². The summed E-state index contributed by atoms with van der Waals surface area (Å²) in [6.45, 7) is 3.67. The standard InChI is InChI=1S/C58H49NO12/c1-2-36-65-48-21-9-41(10-22-48)43-13-27-51(28-14-43)69-57(63)46-19-31-53(32-20-46)71-67-39-40-7-6-8-47(38-40)58(64)70-52-29-17-45(18-30-52)56(62)68-50-25-15-44(16-26-50)42-11-23-49(24-12-42)66-37-5-3-4-35-59-54(60)33-34-55(59)61/h6-34,38H,2-5,35-37,39H2,1H3. The smallest absolute Gasteiger partial charge is 0.343 e. The highest BCUT2D eigenvalue weighted by Crippen LogP contribution is 2.28. The summed E-state index contributed by atoms with van der Waals surface area (Å²) in [6.07, 6.45) is 5.88. The van der Waals surface area contributed by atoms with E-state index in [-0.39, 0.29) is 35.3 Å². The maximum absolute atomic E-state index is 13.1. The highest BCUT2D eigenvalue weighted by atomic mass is 17.2. The molecule has 0 aromatic heterocycles. The second-order valence-corrected chi connectivity index (χ2v) is 16.3. The van der Waals surface area contributed by atoms with Gasteiger partial charge < -0.3 is 28.6 Å². The van der Waals surface area contributed by atoms with Crippen LogP contribution in [0.15, 0.2) is 182 Å². The Bertz CT molecular complexity index is 2950. The summed E-state index contributed by atoms with van der Waals surface area (Å²) in [7, 11) is 0. The predicted octanol–water partition coefficient (Wildman–Crippen LogP) is 11.5. The number of esters is 3. The molecule has 358 valence electrons. The minimum absolute atomic E-state index is 0.0121. The van der Waals surface area contributed by atoms with Gasteiger partial charge in [-0.3, -0.25) is 14.5 Å². The van der Waals surface area contributed by atoms with Gasteiger partial charge in [-0.1, -0.05) is 67.6 Å². The van der Waals surface area contributed by atoms with Crippen molar-refractivity contribution in [1.29, 1.82) is 0 Å². The average molecular weight is 952 g/mol. The van der Waals surface area contributed by atoms with Crippen molar-refractivity contribution in [2.75, 3.05) is 19.8 Å². The van der Waals surface area contributed by atoms with Crippen molar-refractivity contribution in [2.24, 2.45) is 0 Å². The zero-order valence-electron chi connectivity index (χ0n) is 38.8. The fourth-order valence-electron chi connectivity index (χ4n) is 7.29. The maximum Gasteiger partial charge on any atom is 0.343 e. The summed E-state index contributed by atoms with van der Waals surface area (Å²) >= 11 is 0. The van der Waals surface area contributed by atoms with E-state index in [1.54, 1.807) is 72.8 Å². The van der Waals surface area contributed by atoms with Gasteiger partial charge in [-0.25, -0.2) is 14.4 Å². The number of rotatable bonds is 22. The molecule has 0 unspecified atom stereocenters. The molecule has 0 bridgehead atoms. The first kappa shape index (κ1) is 48.6. The second kappa shape index (κ2) is 24.0. The topological polar surface area (TPSA) is 153 Å². The molecule has 7 aromatic carbocycles. The largest absolute Gasteiger partial charge is 0.494 e. The van der Waals surface area contributed by atoms with Crippen molar-refractivity contribution in [1.82, 2.24) is 4.90 Å². The van der Waals surface area contributed by atoms with Gasteiger partial charge in [0.05, 0.1) is 29.9 Å². The molecule has 0 N–H and O–H groups in total. The molecule has 1 aliphatic heterocycles. The quantitative estimate of drug-likeness (QED) is 0.0159. The molecule has 0 spiro atoms. The van der Waals surface area contributed by atoms with E-state index in [0.717, 1.165) is 59.4 Å². The first-order valence-corrected chi connectivity index (χ1v) is 23.1. The summed E-state index contributed by atoms with van der Waals surface area (Å²) in [5.41, 5.74) is 5.40. The highest BCUT2D eigenvalue weighted by Gasteiger charge is 2.22. The van der Waals surface area contributed by atoms with Crippen molar-refractivity contribution in [3.8, 4) is 56.8 Å². The summed E-state index contributed by atoms with van der Waals surface area (Å²) < 4.78 is 28.3. The average Bonchev–Trinajstić information content (AvgIpc) is 3.73. The lowest BCUT2D eigenvalue weighted by atomic mass is 10.1. The van der Waals surface area contributed by atoms with Gasteiger partial charge in [-0.15, -0.1) is 0 Å². The minimum Gasteiger partial charge on any atom is -0.494 e. The van der Waals surface area contributed by atoms with Gasteiger partial charge in [0.1, 0.15) is 35.4 Å². The van der Waals surface area contributed by atoms with E-state index in [1.807, 2.05) is 72.8 Å². The Kier molecular flexibility index (Phi) is 16.4. The first-order chi connectivity index (χ1) is 34.7. The van der Waals surface area contributed by atoms with Crippen LogP contribution in [0.25, 0.3) is 22.3 Å². The van der Waals surface area contributed by atoms with Gasteiger partial charge in [-0.2, -0.15) is 4.89 Å². The number of hydrogen-bond donors (Lipinski definition) is 0. The fourth-order valence-corrected chi connectivity index (χ4v) is 7.29. The lowest BCUT2D eigenvalue weighted by molar-refractivity contribution is -0.217. The summed E-state index contributed by atoms with van der Waals surface area (Å²) in [5, 5.41) is 0. The molecule has 0 aliphatic carbocycles. The van der Waals surface area contributed by atoms with Crippen LogP contribution in [0.3, 0.4) is 0 Å². The Morgan fingerprint density at radius 2 is 0.859 bits per heavy atom. The number of benzene rings is 7. The number of ether oxygens (including phenoxy) is 5. The van der Waals surface area contributed by atoms with E-state index in [1.165, 1.54) is 41.3 Å². The Morgan fingerprint density at radius 3 is 1.34 bits per heavy atom. The number of carbonyl (C=O) groups excluding carboxylic acids is 5. The van der Waals surface area contributed by atoms with Crippen molar-refractivity contribution in [3.63, 3.8) is 0 Å². The van der Waals surface area contributed by atoms with Crippen LogP contribution < -0.4 is 28.6 Å². The molecule has 0 atom stereocenters. The number of hydrogen-bond acceptors (Lipinski definition) is 12. The Morgan fingerprint density at radius 1 is 0.437 bits per heavy atom. The maximum atomic E-state index is 13.1. The molecule has 8 rings (SSSR count). The van der Waals surface area contributed by atoms with E-state index in [2.05, 4.69) is 6.92 Å². The van der Waals surface area contributed by atoms with E-state index in [9.17, 15) is 24.0 Å². The van der Waals surface area contributed by atoms with Gasteiger partial charge >= 0.3 is 17.9 Å². The van der Waals surface area contributed by atoms with E-state index in [0.29, 0.717) is 48.1 Å². The molecular weight excluding hydrogens is 903 g/mol. The van der Waals surface area contributed by atoms with Gasteiger partial charge in [0, 0.05) is 18.7 Å². The molecule has 13 heteroatoms. The van der Waals surface area contributed by atoms with Gasteiger partial charge in [-0.05, 0) is 163 Å². The van der Waals surface area contributed by atoms with Crippen molar-refractivity contribution < 1.29 is 57.4 Å². The van der Waals surface area contributed by atoms with Crippen molar-refractivity contribution in [2.45, 2.75) is 39.2 Å². The highest BCUT2D eigenvalue weighted by molar-refractivity contribution is 6.12. The number of imide groups is 1. The lowest BCUT2D eigenvalue weighted by Gasteiger charge is -2.13. The molecule has 2 amide bonds. The number of carbonyl (C=O) groups is 5. The minimum atomic E-state index is -0.607. The zero-order chi connectivity index (χ0) is 49.4. The lowest BCUT2D eigenvalue weighted by Crippen LogP contribution is -2.30. The molecule has 1 aliphatic rings. The Labute approximate surface area is 410 Å². The molecule has 1 heterocycles. The third-order valence-electron chi connectivity index (χ3n) is 11.1. The molecule has 71 heavy (non-hydrogen) atoms. The normalized spacial score (nSPS) is 11.8. The number of nitrogens with zero attached hydrogens (tertiary/aromatic N) is 1. The van der Waals surface area contributed by atoms with E-state index < -0.39 is 17.9 Å². The van der Waals surface area contributed by atoms with Gasteiger partial charge in [0.2, 0.25) is 0 Å². The molecule has 0 saturated heterocycles. The van der Waals surface area contributed by atoms with Crippen molar-refractivity contribution >= 4 is 29.7 Å². The fraction of sp³-hybridized carbons (Fsp3) is 0.155. The van der Waals surface area contributed by atoms with E-state index >= 15 is 0 Å². The van der Waals surface area contributed by atoms with Crippen LogP contribution in [0.4, 0.5) is 0 Å². The molecule has 0 saturated carbocycles. The molecule has 0 radical (unpaired) electrons. The molecule has 7 aromatic rings. The first-order valence-electron chi connectivity index (χ1n) is 23.1. The van der Waals surface area contributed by atoms with Crippen LogP contribution >= 0.6 is 0 Å². The van der Waals surface area contributed by atoms with Gasteiger partial charge in [0.25, 0.3) is 11.8 Å². The molecule has 13 nitrogen and oxygen atoms in total.